The normalized spacial score (nSPS) is 12.8. The van der Waals surface area contributed by atoms with E-state index in [-0.39, 0.29) is 5.38 Å². The lowest BCUT2D eigenvalue weighted by Gasteiger charge is -2.09. The lowest BCUT2D eigenvalue weighted by molar-refractivity contribution is 0.525. The molecule has 1 unspecified atom stereocenters. The maximum atomic E-state index is 6.49. The van der Waals surface area contributed by atoms with Gasteiger partial charge in [0.2, 0.25) is 0 Å². The largest absolute Gasteiger partial charge is 0.441 e. The van der Waals surface area contributed by atoms with E-state index in [4.69, 9.17) is 16.0 Å². The molecule has 0 aliphatic heterocycles. The van der Waals surface area contributed by atoms with Gasteiger partial charge in [-0.1, -0.05) is 34.1 Å². The van der Waals surface area contributed by atoms with Crippen molar-refractivity contribution in [1.29, 1.82) is 0 Å². The first-order chi connectivity index (χ1) is 9.61. The third-order valence-corrected chi connectivity index (χ3v) is 3.98. The smallest absolute Gasteiger partial charge is 0.197 e. The third kappa shape index (κ3) is 2.89. The second-order valence-corrected chi connectivity index (χ2v) is 6.25. The summed E-state index contributed by atoms with van der Waals surface area (Å²) in [5, 5.41) is -0.153. The molecule has 0 saturated carbocycles. The summed E-state index contributed by atoms with van der Waals surface area (Å²) >= 11 is 9.99. The number of aromatic nitrogens is 1. The molecule has 0 aliphatic carbocycles. The van der Waals surface area contributed by atoms with Crippen LogP contribution in [0, 0.1) is 6.92 Å². The van der Waals surface area contributed by atoms with Crippen LogP contribution in [-0.2, 0) is 6.42 Å². The van der Waals surface area contributed by atoms with E-state index in [1.54, 1.807) is 0 Å². The summed E-state index contributed by atoms with van der Waals surface area (Å²) in [5.74, 6) is 0.670. The van der Waals surface area contributed by atoms with Gasteiger partial charge < -0.3 is 4.42 Å². The van der Waals surface area contributed by atoms with E-state index in [2.05, 4.69) is 40.0 Å². The van der Waals surface area contributed by atoms with E-state index < -0.39 is 0 Å². The first-order valence-corrected chi connectivity index (χ1v) is 7.60. The number of alkyl halides is 1. The number of aryl methyl sites for hydroxylation is 1. The van der Waals surface area contributed by atoms with Crippen molar-refractivity contribution in [1.82, 2.24) is 4.98 Å². The summed E-state index contributed by atoms with van der Waals surface area (Å²) in [6, 6.07) is 13.9. The van der Waals surface area contributed by atoms with Crippen LogP contribution in [-0.4, -0.2) is 4.98 Å². The van der Waals surface area contributed by atoms with E-state index in [1.165, 1.54) is 5.56 Å². The summed E-state index contributed by atoms with van der Waals surface area (Å²) in [6.45, 7) is 2.05. The minimum absolute atomic E-state index is 0.153. The van der Waals surface area contributed by atoms with Crippen molar-refractivity contribution in [2.24, 2.45) is 0 Å². The summed E-state index contributed by atoms with van der Waals surface area (Å²) in [6.07, 6.45) is 0.576. The van der Waals surface area contributed by atoms with Gasteiger partial charge in [0.15, 0.2) is 11.5 Å². The summed E-state index contributed by atoms with van der Waals surface area (Å²) in [7, 11) is 0. The van der Waals surface area contributed by atoms with Gasteiger partial charge in [-0.3, -0.25) is 0 Å². The van der Waals surface area contributed by atoms with Gasteiger partial charge in [-0.15, -0.1) is 11.6 Å². The fourth-order valence-corrected chi connectivity index (χ4v) is 3.11. The molecule has 3 rings (SSSR count). The van der Waals surface area contributed by atoms with Crippen LogP contribution in [0.3, 0.4) is 0 Å². The number of benzene rings is 2. The van der Waals surface area contributed by atoms with Crippen molar-refractivity contribution in [3.05, 3.63) is 64.0 Å². The highest BCUT2D eigenvalue weighted by Gasteiger charge is 2.14. The second kappa shape index (κ2) is 5.58. The monoisotopic (exact) mass is 349 g/mol. The first-order valence-electron chi connectivity index (χ1n) is 6.37. The Hall–Kier alpha value is -1.32. The van der Waals surface area contributed by atoms with Crippen molar-refractivity contribution in [2.75, 3.05) is 0 Å². The van der Waals surface area contributed by atoms with Crippen molar-refractivity contribution in [3.63, 3.8) is 0 Å². The molecular weight excluding hydrogens is 338 g/mol. The number of para-hydroxylation sites is 2. The predicted molar refractivity (Wildman–Crippen MR) is 85.2 cm³/mol. The maximum absolute atomic E-state index is 6.49. The number of fused-ring (bicyclic) bond motifs is 1. The zero-order valence-corrected chi connectivity index (χ0v) is 13.3. The van der Waals surface area contributed by atoms with Gasteiger partial charge in [0.25, 0.3) is 0 Å². The van der Waals surface area contributed by atoms with Crippen molar-refractivity contribution in [3.8, 4) is 0 Å². The zero-order valence-electron chi connectivity index (χ0n) is 10.9. The number of oxazole rings is 1. The van der Waals surface area contributed by atoms with Gasteiger partial charge in [-0.05, 0) is 42.3 Å². The van der Waals surface area contributed by atoms with E-state index in [9.17, 15) is 0 Å². The number of halogens is 2. The average molecular weight is 351 g/mol. The predicted octanol–water partition coefficient (Wildman–Crippen LogP) is 5.42. The molecule has 0 aliphatic rings. The molecule has 1 heterocycles. The van der Waals surface area contributed by atoms with Gasteiger partial charge in [0.05, 0.1) is 5.38 Å². The molecule has 1 aromatic heterocycles. The van der Waals surface area contributed by atoms with Gasteiger partial charge in [0.1, 0.15) is 5.52 Å². The molecule has 0 saturated heterocycles. The summed E-state index contributed by atoms with van der Waals surface area (Å²) < 4.78 is 6.75. The van der Waals surface area contributed by atoms with E-state index in [1.807, 2.05) is 30.3 Å². The molecule has 2 nitrogen and oxygen atoms in total. The fraction of sp³-hybridized carbons (Fsp3) is 0.188. The number of hydrogen-bond acceptors (Lipinski definition) is 2. The summed E-state index contributed by atoms with van der Waals surface area (Å²) in [5.41, 5.74) is 3.92. The molecule has 0 radical (unpaired) electrons. The fourth-order valence-electron chi connectivity index (χ4n) is 2.22. The van der Waals surface area contributed by atoms with Gasteiger partial charge in [-0.2, -0.15) is 0 Å². The standard InChI is InChI=1S/C16H13BrClNO/c1-10-6-11(8-12(17)7-10)13(18)9-16-19-14-4-2-3-5-15(14)20-16/h2-8,13H,9H2,1H3. The highest BCUT2D eigenvalue weighted by molar-refractivity contribution is 9.10. The molecule has 0 fully saturated rings. The molecule has 0 N–H and O–H groups in total. The molecule has 4 heteroatoms. The highest BCUT2D eigenvalue weighted by Crippen LogP contribution is 2.29. The van der Waals surface area contributed by atoms with E-state index >= 15 is 0 Å². The van der Waals surface area contributed by atoms with Crippen LogP contribution in [0.5, 0.6) is 0 Å². The van der Waals surface area contributed by atoms with Crippen molar-refractivity contribution < 1.29 is 4.42 Å². The third-order valence-electron chi connectivity index (χ3n) is 3.12. The Morgan fingerprint density at radius 1 is 1.25 bits per heavy atom. The molecule has 0 bridgehead atoms. The van der Waals surface area contributed by atoms with Crippen LogP contribution >= 0.6 is 27.5 Å². The quantitative estimate of drug-likeness (QED) is 0.589. The molecule has 20 heavy (non-hydrogen) atoms. The number of nitrogens with zero attached hydrogens (tertiary/aromatic N) is 1. The lowest BCUT2D eigenvalue weighted by atomic mass is 10.1. The Morgan fingerprint density at radius 3 is 2.80 bits per heavy atom. The van der Waals surface area contributed by atoms with E-state index in [0.717, 1.165) is 21.1 Å². The number of rotatable bonds is 3. The molecule has 102 valence electrons. The van der Waals surface area contributed by atoms with Gasteiger partial charge in [-0.25, -0.2) is 4.98 Å². The molecule has 1 atom stereocenters. The van der Waals surface area contributed by atoms with Crippen LogP contribution in [0.2, 0.25) is 0 Å². The minimum Gasteiger partial charge on any atom is -0.441 e. The zero-order chi connectivity index (χ0) is 14.1. The molecule has 2 aromatic carbocycles. The molecule has 3 aromatic rings. The Morgan fingerprint density at radius 2 is 2.05 bits per heavy atom. The van der Waals surface area contributed by atoms with Gasteiger partial charge in [0, 0.05) is 10.9 Å². The van der Waals surface area contributed by atoms with E-state index in [0.29, 0.717) is 12.3 Å². The first kappa shape index (κ1) is 13.7. The molecule has 0 amide bonds. The SMILES string of the molecule is Cc1cc(Br)cc(C(Cl)Cc2nc3ccccc3o2)c1. The van der Waals surface area contributed by atoms with Crippen molar-refractivity contribution >= 4 is 38.6 Å². The lowest BCUT2D eigenvalue weighted by Crippen LogP contribution is -1.97. The Balaban J connectivity index is 1.86. The van der Waals surface area contributed by atoms with Crippen LogP contribution in [0.4, 0.5) is 0 Å². The van der Waals surface area contributed by atoms with Gasteiger partial charge >= 0.3 is 0 Å². The summed E-state index contributed by atoms with van der Waals surface area (Å²) in [4.78, 5) is 4.46. The minimum atomic E-state index is -0.153. The van der Waals surface area contributed by atoms with Crippen LogP contribution in [0.1, 0.15) is 22.4 Å². The Labute approximate surface area is 130 Å². The van der Waals surface area contributed by atoms with Crippen molar-refractivity contribution in [2.45, 2.75) is 18.7 Å². The molecular formula is C16H13BrClNO. The number of hydrogen-bond donors (Lipinski definition) is 0. The second-order valence-electron chi connectivity index (χ2n) is 4.81. The Kier molecular flexibility index (Phi) is 3.81. The molecule has 0 spiro atoms. The topological polar surface area (TPSA) is 26.0 Å². The van der Waals surface area contributed by atoms with Crippen LogP contribution < -0.4 is 0 Å². The average Bonchev–Trinajstić information content (AvgIpc) is 2.79. The Bertz CT molecular complexity index is 700. The maximum Gasteiger partial charge on any atom is 0.197 e. The van der Waals surface area contributed by atoms with Crippen LogP contribution in [0.15, 0.2) is 51.4 Å². The highest BCUT2D eigenvalue weighted by atomic mass is 79.9. The van der Waals surface area contributed by atoms with Crippen LogP contribution in [0.25, 0.3) is 11.1 Å².